The zero-order valence-corrected chi connectivity index (χ0v) is 10.0. The van der Waals surface area contributed by atoms with Crippen LogP contribution in [-0.4, -0.2) is 60.2 Å². The number of nitrogens with zero attached hydrogens (tertiary/aromatic N) is 4. The van der Waals surface area contributed by atoms with Gasteiger partial charge in [0, 0.05) is 57.7 Å². The van der Waals surface area contributed by atoms with E-state index in [2.05, 4.69) is 25.1 Å². The van der Waals surface area contributed by atoms with E-state index in [4.69, 9.17) is 0 Å². The SMILES string of the molecule is c1cnc(N2CCC(N3CCNCC3)C2)cn1. The first-order valence-electron chi connectivity index (χ1n) is 6.39. The van der Waals surface area contributed by atoms with E-state index in [1.54, 1.807) is 12.4 Å². The smallest absolute Gasteiger partial charge is 0.147 e. The van der Waals surface area contributed by atoms with Crippen LogP contribution < -0.4 is 10.2 Å². The van der Waals surface area contributed by atoms with Crippen LogP contribution in [0.3, 0.4) is 0 Å². The molecule has 0 saturated carbocycles. The van der Waals surface area contributed by atoms with E-state index in [1.165, 1.54) is 19.5 Å². The van der Waals surface area contributed by atoms with Gasteiger partial charge in [-0.25, -0.2) is 4.98 Å². The predicted molar refractivity (Wildman–Crippen MR) is 67.1 cm³/mol. The largest absolute Gasteiger partial charge is 0.354 e. The highest BCUT2D eigenvalue weighted by Crippen LogP contribution is 2.20. The summed E-state index contributed by atoms with van der Waals surface area (Å²) in [5.74, 6) is 1.02. The molecule has 1 N–H and O–H groups in total. The molecule has 92 valence electrons. The Balaban J connectivity index is 1.61. The van der Waals surface area contributed by atoms with Crippen LogP contribution in [0.2, 0.25) is 0 Å². The van der Waals surface area contributed by atoms with Crippen LogP contribution in [0.1, 0.15) is 6.42 Å². The maximum absolute atomic E-state index is 4.37. The molecule has 3 heterocycles. The van der Waals surface area contributed by atoms with Crippen molar-refractivity contribution in [3.8, 4) is 0 Å². The average molecular weight is 233 g/mol. The van der Waals surface area contributed by atoms with E-state index in [-0.39, 0.29) is 0 Å². The van der Waals surface area contributed by atoms with Gasteiger partial charge in [-0.1, -0.05) is 0 Å². The summed E-state index contributed by atoms with van der Waals surface area (Å²) in [6.45, 7) is 6.81. The van der Waals surface area contributed by atoms with E-state index in [9.17, 15) is 0 Å². The molecule has 5 nitrogen and oxygen atoms in total. The van der Waals surface area contributed by atoms with Crippen molar-refractivity contribution in [1.82, 2.24) is 20.2 Å². The second-order valence-corrected chi connectivity index (χ2v) is 4.74. The predicted octanol–water partition coefficient (Wildman–Crippen LogP) is -0.0395. The van der Waals surface area contributed by atoms with Crippen LogP contribution in [0.5, 0.6) is 0 Å². The van der Waals surface area contributed by atoms with Crippen LogP contribution in [0.4, 0.5) is 5.82 Å². The minimum absolute atomic E-state index is 0.694. The van der Waals surface area contributed by atoms with Crippen molar-refractivity contribution >= 4 is 5.82 Å². The monoisotopic (exact) mass is 233 g/mol. The van der Waals surface area contributed by atoms with Crippen LogP contribution in [0.25, 0.3) is 0 Å². The second kappa shape index (κ2) is 4.98. The Kier molecular flexibility index (Phi) is 3.20. The van der Waals surface area contributed by atoms with Gasteiger partial charge >= 0.3 is 0 Å². The van der Waals surface area contributed by atoms with Crippen molar-refractivity contribution in [1.29, 1.82) is 0 Å². The summed E-state index contributed by atoms with van der Waals surface area (Å²) in [5.41, 5.74) is 0. The molecule has 2 aliphatic rings. The highest BCUT2D eigenvalue weighted by molar-refractivity contribution is 5.37. The van der Waals surface area contributed by atoms with Crippen molar-refractivity contribution in [2.24, 2.45) is 0 Å². The van der Waals surface area contributed by atoms with Crippen LogP contribution >= 0.6 is 0 Å². The molecule has 1 aromatic rings. The first-order valence-corrected chi connectivity index (χ1v) is 6.39. The average Bonchev–Trinajstić information content (AvgIpc) is 2.90. The fraction of sp³-hybridized carbons (Fsp3) is 0.667. The molecule has 3 rings (SSSR count). The molecular formula is C12H19N5. The summed E-state index contributed by atoms with van der Waals surface area (Å²) in [6, 6.07) is 0.694. The van der Waals surface area contributed by atoms with Gasteiger partial charge in [0.1, 0.15) is 5.82 Å². The number of piperazine rings is 1. The van der Waals surface area contributed by atoms with Gasteiger partial charge in [-0.15, -0.1) is 0 Å². The molecule has 1 atom stereocenters. The van der Waals surface area contributed by atoms with Crippen LogP contribution in [0, 0.1) is 0 Å². The fourth-order valence-electron chi connectivity index (χ4n) is 2.75. The summed E-state index contributed by atoms with van der Waals surface area (Å²) >= 11 is 0. The lowest BCUT2D eigenvalue weighted by Gasteiger charge is -2.32. The lowest BCUT2D eigenvalue weighted by molar-refractivity contribution is 0.185. The summed E-state index contributed by atoms with van der Waals surface area (Å²) in [6.07, 6.45) is 6.61. The van der Waals surface area contributed by atoms with Gasteiger partial charge in [-0.3, -0.25) is 9.88 Å². The van der Waals surface area contributed by atoms with E-state index in [0.29, 0.717) is 6.04 Å². The molecule has 2 fully saturated rings. The minimum Gasteiger partial charge on any atom is -0.354 e. The van der Waals surface area contributed by atoms with Crippen molar-refractivity contribution in [2.75, 3.05) is 44.2 Å². The highest BCUT2D eigenvalue weighted by Gasteiger charge is 2.28. The molecule has 0 aromatic carbocycles. The number of aromatic nitrogens is 2. The maximum atomic E-state index is 4.37. The number of hydrogen-bond acceptors (Lipinski definition) is 5. The minimum atomic E-state index is 0.694. The van der Waals surface area contributed by atoms with Gasteiger partial charge in [0.2, 0.25) is 0 Å². The van der Waals surface area contributed by atoms with Gasteiger partial charge in [-0.2, -0.15) is 0 Å². The summed E-state index contributed by atoms with van der Waals surface area (Å²) in [5, 5.41) is 3.40. The van der Waals surface area contributed by atoms with Gasteiger partial charge in [0.25, 0.3) is 0 Å². The molecule has 0 spiro atoms. The van der Waals surface area contributed by atoms with Crippen molar-refractivity contribution < 1.29 is 0 Å². The first-order chi connectivity index (χ1) is 8.43. The first kappa shape index (κ1) is 10.9. The Labute approximate surface area is 102 Å². The normalized spacial score (nSPS) is 26.4. The number of hydrogen-bond donors (Lipinski definition) is 1. The molecule has 0 radical (unpaired) electrons. The second-order valence-electron chi connectivity index (χ2n) is 4.74. The third-order valence-corrected chi connectivity index (χ3v) is 3.70. The highest BCUT2D eigenvalue weighted by atomic mass is 15.3. The molecule has 0 aliphatic carbocycles. The van der Waals surface area contributed by atoms with Gasteiger partial charge in [0.15, 0.2) is 0 Å². The third kappa shape index (κ3) is 2.40. The Morgan fingerprint density at radius 2 is 2.06 bits per heavy atom. The summed E-state index contributed by atoms with van der Waals surface area (Å²) < 4.78 is 0. The fourth-order valence-corrected chi connectivity index (χ4v) is 2.75. The Hall–Kier alpha value is -1.20. The van der Waals surface area contributed by atoms with E-state index in [1.807, 2.05) is 6.20 Å². The lowest BCUT2D eigenvalue weighted by atomic mass is 10.2. The maximum Gasteiger partial charge on any atom is 0.147 e. The Morgan fingerprint density at radius 3 is 2.82 bits per heavy atom. The molecule has 17 heavy (non-hydrogen) atoms. The molecule has 0 bridgehead atoms. The molecule has 0 amide bonds. The standard InChI is InChI=1S/C12H19N5/c1-6-17(12-9-14-2-3-15-12)10-11(1)16-7-4-13-5-8-16/h2-3,9,11,13H,1,4-8,10H2. The molecular weight excluding hydrogens is 214 g/mol. The topological polar surface area (TPSA) is 44.3 Å². The van der Waals surface area contributed by atoms with Crippen LogP contribution in [-0.2, 0) is 0 Å². The van der Waals surface area contributed by atoms with Gasteiger partial charge in [0.05, 0.1) is 6.20 Å². The van der Waals surface area contributed by atoms with Gasteiger partial charge in [-0.05, 0) is 6.42 Å². The zero-order valence-electron chi connectivity index (χ0n) is 10.0. The molecule has 5 heteroatoms. The quantitative estimate of drug-likeness (QED) is 0.776. The molecule has 1 aromatic heterocycles. The van der Waals surface area contributed by atoms with Crippen molar-refractivity contribution in [3.05, 3.63) is 18.6 Å². The summed E-state index contributed by atoms with van der Waals surface area (Å²) in [4.78, 5) is 13.5. The van der Waals surface area contributed by atoms with E-state index in [0.717, 1.165) is 32.0 Å². The lowest BCUT2D eigenvalue weighted by Crippen LogP contribution is -2.49. The third-order valence-electron chi connectivity index (χ3n) is 3.70. The van der Waals surface area contributed by atoms with E-state index < -0.39 is 0 Å². The molecule has 2 saturated heterocycles. The van der Waals surface area contributed by atoms with Crippen molar-refractivity contribution in [2.45, 2.75) is 12.5 Å². The molecule has 1 unspecified atom stereocenters. The number of anilines is 1. The number of rotatable bonds is 2. The van der Waals surface area contributed by atoms with Crippen LogP contribution in [0.15, 0.2) is 18.6 Å². The zero-order chi connectivity index (χ0) is 11.5. The Morgan fingerprint density at radius 1 is 1.18 bits per heavy atom. The van der Waals surface area contributed by atoms with E-state index >= 15 is 0 Å². The van der Waals surface area contributed by atoms with Gasteiger partial charge < -0.3 is 10.2 Å². The van der Waals surface area contributed by atoms with Crippen molar-refractivity contribution in [3.63, 3.8) is 0 Å². The number of nitrogens with one attached hydrogen (secondary N) is 1. The summed E-state index contributed by atoms with van der Waals surface area (Å²) in [7, 11) is 0. The Bertz CT molecular complexity index is 349. The molecule has 2 aliphatic heterocycles.